The summed E-state index contributed by atoms with van der Waals surface area (Å²) in [6, 6.07) is 7.43. The number of nitrogens with zero attached hydrogens (tertiary/aromatic N) is 3. The van der Waals surface area contributed by atoms with E-state index in [-0.39, 0.29) is 5.91 Å². The third kappa shape index (κ3) is 2.18. The van der Waals surface area contributed by atoms with E-state index in [4.69, 9.17) is 0 Å². The first kappa shape index (κ1) is 12.8. The number of thiophene rings is 1. The van der Waals surface area contributed by atoms with Crippen LogP contribution in [0, 0.1) is 13.8 Å². The van der Waals surface area contributed by atoms with Crippen LogP contribution in [-0.4, -0.2) is 20.7 Å². The summed E-state index contributed by atoms with van der Waals surface area (Å²) in [6.07, 6.45) is 0. The topological polar surface area (TPSA) is 59.8 Å². The minimum Gasteiger partial charge on any atom is -0.306 e. The molecule has 0 radical (unpaired) electrons. The maximum Gasteiger partial charge on any atom is 0.266 e. The molecule has 5 nitrogen and oxygen atoms in total. The number of carbonyl (C=O) groups is 1. The van der Waals surface area contributed by atoms with Gasteiger partial charge in [0, 0.05) is 18.1 Å². The first-order valence-corrected chi connectivity index (χ1v) is 7.04. The Labute approximate surface area is 120 Å². The number of hydrogen-bond donors (Lipinski definition) is 1. The van der Waals surface area contributed by atoms with Crippen LogP contribution >= 0.6 is 11.3 Å². The average Bonchev–Trinajstić information content (AvgIpc) is 2.92. The van der Waals surface area contributed by atoms with E-state index in [1.165, 1.54) is 11.3 Å². The predicted octanol–water partition coefficient (Wildman–Crippen LogP) is 2.90. The highest BCUT2D eigenvalue weighted by atomic mass is 32.1. The van der Waals surface area contributed by atoms with Gasteiger partial charge in [0.25, 0.3) is 5.91 Å². The van der Waals surface area contributed by atoms with Gasteiger partial charge in [-0.1, -0.05) is 6.07 Å². The van der Waals surface area contributed by atoms with Crippen LogP contribution in [0.15, 0.2) is 24.3 Å². The van der Waals surface area contributed by atoms with E-state index >= 15 is 0 Å². The number of nitrogens with one attached hydrogen (secondary N) is 1. The number of pyridine rings is 1. The molecule has 6 heteroatoms. The number of amides is 1. The van der Waals surface area contributed by atoms with Crippen molar-refractivity contribution < 1.29 is 4.79 Å². The van der Waals surface area contributed by atoms with Gasteiger partial charge >= 0.3 is 0 Å². The van der Waals surface area contributed by atoms with Gasteiger partial charge < -0.3 is 5.32 Å². The van der Waals surface area contributed by atoms with Gasteiger partial charge in [-0.3, -0.25) is 9.48 Å². The van der Waals surface area contributed by atoms with Crippen LogP contribution in [0.2, 0.25) is 0 Å². The second-order valence-corrected chi connectivity index (χ2v) is 5.69. The van der Waals surface area contributed by atoms with E-state index in [1.54, 1.807) is 10.7 Å². The Hall–Kier alpha value is -2.21. The zero-order chi connectivity index (χ0) is 14.3. The summed E-state index contributed by atoms with van der Waals surface area (Å²) >= 11 is 1.44. The minimum absolute atomic E-state index is 0.135. The standard InChI is InChI=1S/C14H14N4OS/c1-8-5-4-6-12(15-8)16-13(19)11-7-10-9(2)17-18(3)14(10)20-11/h4-7H,1-3H3,(H,15,16,19). The number of aromatic nitrogens is 3. The number of anilines is 1. The fourth-order valence-corrected chi connectivity index (χ4v) is 3.13. The van der Waals surface area contributed by atoms with Crippen molar-refractivity contribution in [3.63, 3.8) is 0 Å². The predicted molar refractivity (Wildman–Crippen MR) is 80.3 cm³/mol. The van der Waals surface area contributed by atoms with E-state index in [0.717, 1.165) is 21.6 Å². The van der Waals surface area contributed by atoms with Crippen LogP contribution in [0.5, 0.6) is 0 Å². The molecule has 1 amide bonds. The lowest BCUT2D eigenvalue weighted by atomic mass is 10.3. The number of aryl methyl sites for hydroxylation is 3. The van der Waals surface area contributed by atoms with Crippen LogP contribution in [-0.2, 0) is 7.05 Å². The Morgan fingerprint density at radius 3 is 2.85 bits per heavy atom. The van der Waals surface area contributed by atoms with Crippen molar-refractivity contribution in [3.05, 3.63) is 40.5 Å². The SMILES string of the molecule is Cc1cccc(NC(=O)c2cc3c(C)nn(C)c3s2)n1. The van der Waals surface area contributed by atoms with Gasteiger partial charge in [-0.25, -0.2) is 4.98 Å². The van der Waals surface area contributed by atoms with Crippen LogP contribution in [0.25, 0.3) is 10.2 Å². The van der Waals surface area contributed by atoms with Crippen molar-refractivity contribution in [3.8, 4) is 0 Å². The highest BCUT2D eigenvalue weighted by Crippen LogP contribution is 2.28. The Morgan fingerprint density at radius 1 is 1.35 bits per heavy atom. The lowest BCUT2D eigenvalue weighted by molar-refractivity contribution is 0.103. The van der Waals surface area contributed by atoms with E-state index in [0.29, 0.717) is 10.7 Å². The molecule has 20 heavy (non-hydrogen) atoms. The lowest BCUT2D eigenvalue weighted by Crippen LogP contribution is -2.11. The monoisotopic (exact) mass is 286 g/mol. The molecule has 3 aromatic heterocycles. The second kappa shape index (κ2) is 4.72. The van der Waals surface area contributed by atoms with E-state index in [2.05, 4.69) is 15.4 Å². The summed E-state index contributed by atoms with van der Waals surface area (Å²) in [6.45, 7) is 3.84. The number of carbonyl (C=O) groups excluding carboxylic acids is 1. The summed E-state index contributed by atoms with van der Waals surface area (Å²) in [5.74, 6) is 0.436. The molecule has 102 valence electrons. The molecule has 0 saturated carbocycles. The molecule has 0 atom stereocenters. The zero-order valence-electron chi connectivity index (χ0n) is 11.5. The van der Waals surface area contributed by atoms with Gasteiger partial charge in [0.2, 0.25) is 0 Å². The highest BCUT2D eigenvalue weighted by Gasteiger charge is 2.15. The van der Waals surface area contributed by atoms with Gasteiger partial charge in [-0.2, -0.15) is 5.10 Å². The van der Waals surface area contributed by atoms with Crippen molar-refractivity contribution >= 4 is 33.3 Å². The minimum atomic E-state index is -0.135. The molecule has 0 aromatic carbocycles. The van der Waals surface area contributed by atoms with Crippen LogP contribution in [0.1, 0.15) is 21.1 Å². The summed E-state index contributed by atoms with van der Waals surface area (Å²) in [4.78, 5) is 18.2. The molecule has 3 aromatic rings. The highest BCUT2D eigenvalue weighted by molar-refractivity contribution is 7.20. The maximum atomic E-state index is 12.2. The molecule has 0 spiro atoms. The maximum absolute atomic E-state index is 12.2. The molecule has 0 aliphatic rings. The summed E-state index contributed by atoms with van der Waals surface area (Å²) in [5.41, 5.74) is 1.81. The molecule has 0 bridgehead atoms. The van der Waals surface area contributed by atoms with Gasteiger partial charge in [-0.05, 0) is 32.0 Å². The molecule has 1 N–H and O–H groups in total. The smallest absolute Gasteiger partial charge is 0.266 e. The third-order valence-electron chi connectivity index (χ3n) is 3.05. The molecule has 3 rings (SSSR count). The van der Waals surface area contributed by atoms with Crippen molar-refractivity contribution in [1.29, 1.82) is 0 Å². The Balaban J connectivity index is 1.91. The number of fused-ring (bicyclic) bond motifs is 1. The molecular formula is C14H14N4OS. The van der Waals surface area contributed by atoms with E-state index < -0.39 is 0 Å². The van der Waals surface area contributed by atoms with Crippen molar-refractivity contribution in [2.24, 2.45) is 7.05 Å². The Morgan fingerprint density at radius 2 is 2.15 bits per heavy atom. The second-order valence-electron chi connectivity index (χ2n) is 4.66. The average molecular weight is 286 g/mol. The first-order chi connectivity index (χ1) is 9.54. The van der Waals surface area contributed by atoms with E-state index in [9.17, 15) is 4.79 Å². The first-order valence-electron chi connectivity index (χ1n) is 6.23. The Bertz CT molecular complexity index is 768. The van der Waals surface area contributed by atoms with Gasteiger partial charge in [-0.15, -0.1) is 11.3 Å². The van der Waals surface area contributed by atoms with Crippen molar-refractivity contribution in [1.82, 2.24) is 14.8 Å². The van der Waals surface area contributed by atoms with Crippen molar-refractivity contribution in [2.45, 2.75) is 13.8 Å². The fraction of sp³-hybridized carbons (Fsp3) is 0.214. The Kier molecular flexibility index (Phi) is 3.02. The fourth-order valence-electron chi connectivity index (χ4n) is 2.11. The molecule has 0 aliphatic heterocycles. The molecular weight excluding hydrogens is 272 g/mol. The third-order valence-corrected chi connectivity index (χ3v) is 4.25. The molecule has 0 unspecified atom stereocenters. The summed E-state index contributed by atoms with van der Waals surface area (Å²) < 4.78 is 1.80. The van der Waals surface area contributed by atoms with Crippen LogP contribution < -0.4 is 5.32 Å². The summed E-state index contributed by atoms with van der Waals surface area (Å²) in [5, 5.41) is 8.18. The molecule has 0 fully saturated rings. The lowest BCUT2D eigenvalue weighted by Gasteiger charge is -2.02. The van der Waals surface area contributed by atoms with Crippen LogP contribution in [0.3, 0.4) is 0 Å². The number of hydrogen-bond acceptors (Lipinski definition) is 4. The van der Waals surface area contributed by atoms with Crippen LogP contribution in [0.4, 0.5) is 5.82 Å². The largest absolute Gasteiger partial charge is 0.306 e. The van der Waals surface area contributed by atoms with Gasteiger partial charge in [0.15, 0.2) is 0 Å². The normalized spacial score (nSPS) is 10.9. The summed E-state index contributed by atoms with van der Waals surface area (Å²) in [7, 11) is 1.88. The van der Waals surface area contributed by atoms with Crippen molar-refractivity contribution in [2.75, 3.05) is 5.32 Å². The molecule has 3 heterocycles. The van der Waals surface area contributed by atoms with Gasteiger partial charge in [0.05, 0.1) is 10.6 Å². The quantitative estimate of drug-likeness (QED) is 0.788. The van der Waals surface area contributed by atoms with Gasteiger partial charge in [0.1, 0.15) is 10.6 Å². The molecule has 0 aliphatic carbocycles. The molecule has 0 saturated heterocycles. The van der Waals surface area contributed by atoms with E-state index in [1.807, 2.05) is 39.1 Å². The zero-order valence-corrected chi connectivity index (χ0v) is 12.3. The number of rotatable bonds is 2.